The molecular formula is C11H16N2O6. The highest BCUT2D eigenvalue weighted by molar-refractivity contribution is 5.87. The minimum Gasteiger partial charge on any atom is -0.481 e. The van der Waals surface area contributed by atoms with Crippen molar-refractivity contribution in [1.29, 1.82) is 0 Å². The van der Waals surface area contributed by atoms with E-state index in [1.807, 2.05) is 0 Å². The number of nitrogens with zero attached hydrogens (tertiary/aromatic N) is 1. The van der Waals surface area contributed by atoms with E-state index in [1.165, 1.54) is 13.4 Å². The highest BCUT2D eigenvalue weighted by Crippen LogP contribution is 2.09. The van der Waals surface area contributed by atoms with Gasteiger partial charge in [-0.1, -0.05) is 0 Å². The maximum Gasteiger partial charge on any atom is 0.360 e. The number of rotatable bonds is 8. The lowest BCUT2D eigenvalue weighted by atomic mass is 10.2. The van der Waals surface area contributed by atoms with E-state index in [4.69, 9.17) is 19.0 Å². The van der Waals surface area contributed by atoms with Gasteiger partial charge in [0.1, 0.15) is 6.26 Å². The normalized spacial score (nSPS) is 11.9. The lowest BCUT2D eigenvalue weighted by molar-refractivity contribution is -0.139. The molecule has 106 valence electrons. The molecule has 0 amide bonds. The summed E-state index contributed by atoms with van der Waals surface area (Å²) in [5.41, 5.74) is 0.0524. The maximum atomic E-state index is 11.3. The van der Waals surface area contributed by atoms with Gasteiger partial charge in [-0.3, -0.25) is 4.79 Å². The van der Waals surface area contributed by atoms with Crippen molar-refractivity contribution in [2.24, 2.45) is 0 Å². The van der Waals surface area contributed by atoms with Crippen molar-refractivity contribution >= 4 is 18.0 Å². The second-order valence-corrected chi connectivity index (χ2v) is 3.59. The molecule has 0 fully saturated rings. The van der Waals surface area contributed by atoms with Crippen molar-refractivity contribution in [3.63, 3.8) is 0 Å². The summed E-state index contributed by atoms with van der Waals surface area (Å²) in [5, 5.41) is 11.4. The van der Waals surface area contributed by atoms with Crippen molar-refractivity contribution in [1.82, 2.24) is 4.98 Å². The first-order valence-corrected chi connectivity index (χ1v) is 5.68. The molecule has 8 nitrogen and oxygen atoms in total. The van der Waals surface area contributed by atoms with E-state index in [2.05, 4.69) is 10.3 Å². The number of carboxylic acid groups (broad SMARTS) is 1. The number of methoxy groups -OCH3 is 1. The summed E-state index contributed by atoms with van der Waals surface area (Å²) in [6.45, 7) is 2.14. The van der Waals surface area contributed by atoms with Gasteiger partial charge in [0.25, 0.3) is 6.01 Å². The molecule has 1 aromatic heterocycles. The molecule has 0 bridgehead atoms. The van der Waals surface area contributed by atoms with Crippen molar-refractivity contribution < 1.29 is 28.6 Å². The first kappa shape index (κ1) is 15.0. The maximum absolute atomic E-state index is 11.3. The molecule has 0 saturated carbocycles. The van der Waals surface area contributed by atoms with Crippen LogP contribution in [0.4, 0.5) is 6.01 Å². The van der Waals surface area contributed by atoms with E-state index in [1.54, 1.807) is 6.92 Å². The standard InChI is InChI=1S/C11H16N2O6/c1-3-18-10(16)8-6-19-11(13-8)12-5-7(17-2)4-9(14)15/h6-7H,3-5H2,1-2H3,(H,12,13)(H,14,15). The summed E-state index contributed by atoms with van der Waals surface area (Å²) in [6, 6.07) is 0.107. The predicted octanol–water partition coefficient (Wildman–Crippen LogP) is 0.753. The second kappa shape index (κ2) is 7.37. The molecule has 1 aromatic rings. The number of carbonyl (C=O) groups excluding carboxylic acids is 1. The molecular weight excluding hydrogens is 256 g/mol. The van der Waals surface area contributed by atoms with Gasteiger partial charge in [0.2, 0.25) is 0 Å². The van der Waals surface area contributed by atoms with Crippen LogP contribution in [-0.2, 0) is 14.3 Å². The molecule has 2 N–H and O–H groups in total. The zero-order chi connectivity index (χ0) is 14.3. The van der Waals surface area contributed by atoms with Crippen LogP contribution in [0.3, 0.4) is 0 Å². The Morgan fingerprint density at radius 3 is 2.89 bits per heavy atom. The molecule has 1 unspecified atom stereocenters. The van der Waals surface area contributed by atoms with Gasteiger partial charge in [-0.15, -0.1) is 0 Å². The van der Waals surface area contributed by atoms with E-state index in [0.717, 1.165) is 0 Å². The van der Waals surface area contributed by atoms with Crippen molar-refractivity contribution in [2.45, 2.75) is 19.4 Å². The Balaban J connectivity index is 2.49. The molecule has 0 aliphatic heterocycles. The van der Waals surface area contributed by atoms with Crippen molar-refractivity contribution in [3.05, 3.63) is 12.0 Å². The number of nitrogens with one attached hydrogen (secondary N) is 1. The molecule has 0 aliphatic rings. The summed E-state index contributed by atoms with van der Waals surface area (Å²) in [7, 11) is 1.41. The number of aliphatic carboxylic acids is 1. The fourth-order valence-electron chi connectivity index (χ4n) is 1.29. The van der Waals surface area contributed by atoms with Gasteiger partial charge in [-0.2, -0.15) is 4.98 Å². The molecule has 1 rings (SSSR count). The number of carboxylic acids is 1. The molecule has 0 saturated heterocycles. The minimum atomic E-state index is -0.965. The van der Waals surface area contributed by atoms with Crippen LogP contribution in [0.5, 0.6) is 0 Å². The molecule has 0 aliphatic carbocycles. The summed E-state index contributed by atoms with van der Waals surface area (Å²) >= 11 is 0. The lowest BCUT2D eigenvalue weighted by Gasteiger charge is -2.12. The largest absolute Gasteiger partial charge is 0.481 e. The Labute approximate surface area is 109 Å². The monoisotopic (exact) mass is 272 g/mol. The van der Waals surface area contributed by atoms with Crippen LogP contribution in [0, 0.1) is 0 Å². The summed E-state index contributed by atoms with van der Waals surface area (Å²) < 4.78 is 14.7. The predicted molar refractivity (Wildman–Crippen MR) is 64.0 cm³/mol. The molecule has 19 heavy (non-hydrogen) atoms. The Bertz CT molecular complexity index is 431. The third kappa shape index (κ3) is 4.96. The number of carbonyl (C=O) groups is 2. The quantitative estimate of drug-likeness (QED) is 0.667. The number of ether oxygens (including phenoxy) is 2. The molecule has 0 spiro atoms. The number of oxazole rings is 1. The average Bonchev–Trinajstić information content (AvgIpc) is 2.83. The number of hydrogen-bond donors (Lipinski definition) is 2. The van der Waals surface area contributed by atoms with Crippen molar-refractivity contribution in [3.8, 4) is 0 Å². The SMILES string of the molecule is CCOC(=O)c1coc(NCC(CC(=O)O)OC)n1. The Hall–Kier alpha value is -2.09. The first-order valence-electron chi connectivity index (χ1n) is 5.68. The summed E-state index contributed by atoms with van der Waals surface area (Å²) in [4.78, 5) is 25.7. The lowest BCUT2D eigenvalue weighted by Crippen LogP contribution is -2.25. The van der Waals surface area contributed by atoms with Gasteiger partial charge in [0.15, 0.2) is 5.69 Å². The number of hydrogen-bond acceptors (Lipinski definition) is 7. The molecule has 8 heteroatoms. The van der Waals surface area contributed by atoms with Gasteiger partial charge < -0.3 is 24.3 Å². The average molecular weight is 272 g/mol. The van der Waals surface area contributed by atoms with Crippen LogP contribution in [0.25, 0.3) is 0 Å². The van der Waals surface area contributed by atoms with Crippen LogP contribution in [0.2, 0.25) is 0 Å². The van der Waals surface area contributed by atoms with Crippen LogP contribution in [-0.4, -0.2) is 48.4 Å². The van der Waals surface area contributed by atoms with Crippen molar-refractivity contribution in [2.75, 3.05) is 25.6 Å². The highest BCUT2D eigenvalue weighted by atomic mass is 16.5. The zero-order valence-electron chi connectivity index (χ0n) is 10.7. The topological polar surface area (TPSA) is 111 Å². The van der Waals surface area contributed by atoms with E-state index in [0.29, 0.717) is 0 Å². The Kier molecular flexibility index (Phi) is 5.80. The third-order valence-corrected chi connectivity index (χ3v) is 2.21. The van der Waals surface area contributed by atoms with E-state index in [-0.39, 0.29) is 31.3 Å². The number of anilines is 1. The molecule has 0 aromatic carbocycles. The van der Waals surface area contributed by atoms with Crippen LogP contribution in [0.15, 0.2) is 10.7 Å². The Morgan fingerprint density at radius 1 is 1.58 bits per heavy atom. The molecule has 1 heterocycles. The highest BCUT2D eigenvalue weighted by Gasteiger charge is 2.16. The zero-order valence-corrected chi connectivity index (χ0v) is 10.7. The second-order valence-electron chi connectivity index (χ2n) is 3.59. The van der Waals surface area contributed by atoms with E-state index in [9.17, 15) is 9.59 Å². The van der Waals surface area contributed by atoms with Gasteiger partial charge in [-0.25, -0.2) is 4.79 Å². The fourth-order valence-corrected chi connectivity index (χ4v) is 1.29. The van der Waals surface area contributed by atoms with E-state index >= 15 is 0 Å². The van der Waals surface area contributed by atoms with Gasteiger partial charge in [0, 0.05) is 13.7 Å². The molecule has 1 atom stereocenters. The fraction of sp³-hybridized carbons (Fsp3) is 0.545. The smallest absolute Gasteiger partial charge is 0.360 e. The number of esters is 1. The summed E-state index contributed by atoms with van der Waals surface area (Å²) in [6.07, 6.45) is 0.504. The Morgan fingerprint density at radius 2 is 2.32 bits per heavy atom. The summed E-state index contributed by atoms with van der Waals surface area (Å²) in [5.74, 6) is -1.54. The van der Waals surface area contributed by atoms with Crippen LogP contribution in [0.1, 0.15) is 23.8 Å². The number of aromatic nitrogens is 1. The van der Waals surface area contributed by atoms with Gasteiger partial charge >= 0.3 is 11.9 Å². The van der Waals surface area contributed by atoms with Gasteiger partial charge in [-0.05, 0) is 6.92 Å². The first-order chi connectivity index (χ1) is 9.06. The van der Waals surface area contributed by atoms with E-state index < -0.39 is 18.0 Å². The van der Waals surface area contributed by atoms with Crippen LogP contribution < -0.4 is 5.32 Å². The van der Waals surface area contributed by atoms with Crippen LogP contribution >= 0.6 is 0 Å². The minimum absolute atomic E-state index is 0.0524. The molecule has 0 radical (unpaired) electrons. The van der Waals surface area contributed by atoms with Gasteiger partial charge in [0.05, 0.1) is 19.1 Å². The third-order valence-electron chi connectivity index (χ3n) is 2.21.